The number of rotatable bonds is 5. The highest BCUT2D eigenvalue weighted by Crippen LogP contribution is 2.29. The second-order valence-corrected chi connectivity index (χ2v) is 8.30. The third-order valence-electron chi connectivity index (χ3n) is 5.49. The average molecular weight is 401 g/mol. The van der Waals surface area contributed by atoms with Crippen molar-refractivity contribution in [2.75, 3.05) is 6.54 Å². The number of carbonyl (C=O) groups is 1. The molecule has 0 bridgehead atoms. The van der Waals surface area contributed by atoms with Crippen molar-refractivity contribution in [3.8, 4) is 0 Å². The predicted molar refractivity (Wildman–Crippen MR) is 109 cm³/mol. The van der Waals surface area contributed by atoms with Crippen LogP contribution in [0.3, 0.4) is 0 Å². The van der Waals surface area contributed by atoms with E-state index in [4.69, 9.17) is 0 Å². The van der Waals surface area contributed by atoms with Gasteiger partial charge in [0.2, 0.25) is 0 Å². The van der Waals surface area contributed by atoms with Crippen LogP contribution in [0.5, 0.6) is 0 Å². The fourth-order valence-corrected chi connectivity index (χ4v) is 4.69. The number of amides is 1. The van der Waals surface area contributed by atoms with Crippen molar-refractivity contribution in [3.63, 3.8) is 0 Å². The Morgan fingerprint density at radius 3 is 2.86 bits per heavy atom. The fraction of sp³-hybridized carbons (Fsp3) is 0.450. The summed E-state index contributed by atoms with van der Waals surface area (Å²) < 4.78 is 1.77. The van der Waals surface area contributed by atoms with Crippen molar-refractivity contribution in [2.24, 2.45) is 0 Å². The van der Waals surface area contributed by atoms with E-state index in [1.165, 1.54) is 4.88 Å². The second-order valence-electron chi connectivity index (χ2n) is 7.36. The van der Waals surface area contributed by atoms with E-state index < -0.39 is 0 Å². The molecule has 7 nitrogen and oxygen atoms in total. The van der Waals surface area contributed by atoms with Gasteiger partial charge in [-0.2, -0.15) is 0 Å². The number of hydrogen-bond acceptors (Lipinski definition) is 5. The molecule has 1 aliphatic rings. The zero-order chi connectivity index (χ0) is 19.7. The van der Waals surface area contributed by atoms with E-state index in [2.05, 4.69) is 15.3 Å². The minimum Gasteiger partial charge on any atom is -0.393 e. The predicted octanol–water partition coefficient (Wildman–Crippen LogP) is 2.54. The Hall–Kier alpha value is -2.45. The van der Waals surface area contributed by atoms with Crippen molar-refractivity contribution in [2.45, 2.75) is 51.2 Å². The van der Waals surface area contributed by atoms with Crippen LogP contribution in [0, 0.1) is 6.92 Å². The maximum atomic E-state index is 12.5. The maximum absolute atomic E-state index is 12.5. The van der Waals surface area contributed by atoms with Crippen LogP contribution in [0.15, 0.2) is 28.5 Å². The third kappa shape index (κ3) is 3.74. The minimum atomic E-state index is -0.263. The molecule has 2 aromatic heterocycles. The summed E-state index contributed by atoms with van der Waals surface area (Å²) in [7, 11) is 0. The fourth-order valence-electron chi connectivity index (χ4n) is 3.91. The first-order chi connectivity index (χ1) is 13.5. The highest BCUT2D eigenvalue weighted by atomic mass is 32.1. The molecular weight excluding hydrogens is 376 g/mol. The Balaban J connectivity index is 1.48. The van der Waals surface area contributed by atoms with E-state index in [0.29, 0.717) is 30.5 Å². The number of imidazole rings is 1. The number of aryl methyl sites for hydroxylation is 1. The summed E-state index contributed by atoms with van der Waals surface area (Å²) in [5.41, 5.74) is 4.67. The van der Waals surface area contributed by atoms with Crippen LogP contribution >= 0.6 is 11.3 Å². The number of aliphatic hydroxyl groups is 1. The van der Waals surface area contributed by atoms with Crippen LogP contribution < -0.4 is 11.0 Å². The number of carbonyl (C=O) groups excluding carboxylic acids is 1. The Labute approximate surface area is 166 Å². The molecule has 0 unspecified atom stereocenters. The molecule has 1 saturated carbocycles. The summed E-state index contributed by atoms with van der Waals surface area (Å²) >= 11 is 1.60. The molecule has 148 valence electrons. The molecule has 0 atom stereocenters. The number of H-pyrrole nitrogens is 1. The first-order valence-electron chi connectivity index (χ1n) is 9.62. The van der Waals surface area contributed by atoms with Crippen molar-refractivity contribution < 1.29 is 9.90 Å². The zero-order valence-corrected chi connectivity index (χ0v) is 16.6. The molecule has 3 aromatic rings. The van der Waals surface area contributed by atoms with Crippen LogP contribution in [0.4, 0.5) is 0 Å². The summed E-state index contributed by atoms with van der Waals surface area (Å²) in [6.07, 6.45) is 3.49. The summed E-state index contributed by atoms with van der Waals surface area (Å²) in [6, 6.07) is 5.42. The smallest absolute Gasteiger partial charge is 0.326 e. The van der Waals surface area contributed by atoms with Crippen LogP contribution in [-0.2, 0) is 6.42 Å². The quantitative estimate of drug-likeness (QED) is 0.613. The van der Waals surface area contributed by atoms with Gasteiger partial charge < -0.3 is 15.4 Å². The van der Waals surface area contributed by atoms with Gasteiger partial charge in [-0.1, -0.05) is 0 Å². The lowest BCUT2D eigenvalue weighted by atomic mass is 9.93. The monoisotopic (exact) mass is 400 g/mol. The van der Waals surface area contributed by atoms with Gasteiger partial charge in [0.1, 0.15) is 0 Å². The van der Waals surface area contributed by atoms with E-state index in [-0.39, 0.29) is 23.7 Å². The molecule has 0 radical (unpaired) electrons. The molecule has 28 heavy (non-hydrogen) atoms. The molecule has 1 aliphatic carbocycles. The van der Waals surface area contributed by atoms with Gasteiger partial charge >= 0.3 is 5.69 Å². The zero-order valence-electron chi connectivity index (χ0n) is 15.8. The molecule has 1 amide bonds. The number of thiazole rings is 1. The van der Waals surface area contributed by atoms with E-state index in [0.717, 1.165) is 30.5 Å². The molecule has 8 heteroatoms. The highest BCUT2D eigenvalue weighted by Gasteiger charge is 2.24. The van der Waals surface area contributed by atoms with Crippen LogP contribution in [0.1, 0.15) is 52.7 Å². The van der Waals surface area contributed by atoms with Gasteiger partial charge in [0, 0.05) is 29.4 Å². The van der Waals surface area contributed by atoms with Crippen LogP contribution in [-0.4, -0.2) is 38.2 Å². The Kier molecular flexibility index (Phi) is 5.32. The number of benzene rings is 1. The number of aromatic amines is 1. The Bertz CT molecular complexity index is 1040. The third-order valence-corrected chi connectivity index (χ3v) is 6.49. The number of hydrogen-bond donors (Lipinski definition) is 3. The van der Waals surface area contributed by atoms with Crippen LogP contribution in [0.2, 0.25) is 0 Å². The van der Waals surface area contributed by atoms with Crippen LogP contribution in [0.25, 0.3) is 11.0 Å². The Morgan fingerprint density at radius 2 is 2.14 bits per heavy atom. The molecule has 0 aliphatic heterocycles. The number of fused-ring (bicyclic) bond motifs is 1. The summed E-state index contributed by atoms with van der Waals surface area (Å²) in [5.74, 6) is -0.154. The molecule has 4 rings (SSSR count). The average Bonchev–Trinajstić information content (AvgIpc) is 3.24. The van der Waals surface area contributed by atoms with Gasteiger partial charge in [0.15, 0.2) is 0 Å². The summed E-state index contributed by atoms with van der Waals surface area (Å²) in [4.78, 5) is 33.2. The molecule has 2 heterocycles. The molecule has 1 aromatic carbocycles. The van der Waals surface area contributed by atoms with E-state index in [1.54, 1.807) is 28.0 Å². The molecule has 0 spiro atoms. The van der Waals surface area contributed by atoms with Gasteiger partial charge in [-0.3, -0.25) is 9.36 Å². The molecular formula is C20H24N4O3S. The summed E-state index contributed by atoms with van der Waals surface area (Å²) in [6.45, 7) is 2.51. The first-order valence-corrected chi connectivity index (χ1v) is 10.5. The standard InChI is InChI=1S/C20H24N4O3S/c1-12-18(28-11-22-12)8-9-21-19(26)13-2-7-17-16(10-13)23-20(27)24(17)14-3-5-15(25)6-4-14/h2,7,10-11,14-15,25H,3-6,8-9H2,1H3,(H,21,26)(H,23,27). The second kappa shape index (κ2) is 7.89. The number of nitrogens with zero attached hydrogens (tertiary/aromatic N) is 2. The Morgan fingerprint density at radius 1 is 1.36 bits per heavy atom. The van der Waals surface area contributed by atoms with Crippen molar-refractivity contribution in [1.29, 1.82) is 0 Å². The molecule has 1 fully saturated rings. The van der Waals surface area contributed by atoms with Crippen molar-refractivity contribution in [1.82, 2.24) is 19.9 Å². The minimum absolute atomic E-state index is 0.0898. The van der Waals surface area contributed by atoms with Crippen molar-refractivity contribution >= 4 is 28.3 Å². The van der Waals surface area contributed by atoms with Gasteiger partial charge in [-0.15, -0.1) is 11.3 Å². The lowest BCUT2D eigenvalue weighted by Crippen LogP contribution is -2.27. The van der Waals surface area contributed by atoms with Gasteiger partial charge in [-0.25, -0.2) is 9.78 Å². The maximum Gasteiger partial charge on any atom is 0.326 e. The van der Waals surface area contributed by atoms with Gasteiger partial charge in [0.25, 0.3) is 5.91 Å². The number of aromatic nitrogens is 3. The van der Waals surface area contributed by atoms with Crippen molar-refractivity contribution in [3.05, 3.63) is 50.3 Å². The highest BCUT2D eigenvalue weighted by molar-refractivity contribution is 7.09. The summed E-state index contributed by atoms with van der Waals surface area (Å²) in [5, 5.41) is 12.6. The van der Waals surface area contributed by atoms with E-state index in [1.807, 2.05) is 18.5 Å². The van der Waals surface area contributed by atoms with Gasteiger partial charge in [-0.05, 0) is 50.8 Å². The lowest BCUT2D eigenvalue weighted by Gasteiger charge is -2.26. The normalized spacial score (nSPS) is 19.8. The molecule has 0 saturated heterocycles. The lowest BCUT2D eigenvalue weighted by molar-refractivity contribution is 0.0954. The largest absolute Gasteiger partial charge is 0.393 e. The number of nitrogens with one attached hydrogen (secondary N) is 2. The first kappa shape index (κ1) is 18.9. The molecule has 3 N–H and O–H groups in total. The van der Waals surface area contributed by atoms with E-state index in [9.17, 15) is 14.7 Å². The topological polar surface area (TPSA) is 100 Å². The SMILES string of the molecule is Cc1ncsc1CCNC(=O)c1ccc2c(c1)[nH]c(=O)n2C1CCC(O)CC1. The number of aliphatic hydroxyl groups excluding tert-OH is 1. The van der Waals surface area contributed by atoms with Gasteiger partial charge in [0.05, 0.1) is 28.3 Å². The van der Waals surface area contributed by atoms with E-state index >= 15 is 0 Å².